The Bertz CT molecular complexity index is 1530. The summed E-state index contributed by atoms with van der Waals surface area (Å²) < 4.78 is 34.6. The molecule has 0 aromatic carbocycles. The fourth-order valence-electron chi connectivity index (χ4n) is 9.08. The standard InChI is InChI=1S/C67H122NO8P/c1-6-8-10-12-14-16-18-20-22-24-25-26-27-28-29-30-31-32-33-34-35-36-37-38-39-40-41-42-43-44-46-48-50-52-54-56-58-60-67(70)76-65(64-75-77(71,72)74-62-61-68(3,4)5)63-73-66(69)59-57-55-53-51-49-47-45-23-21-19-17-15-13-11-9-7-2/h8,10,14,16,20,22,25-26,28-29,31-32,65H,6-7,9,11-13,15,17-19,21,23-24,27,30,33-64H2,1-5H3/p+1/b10-8-,16-14-,22-20-,26-25-,29-28-,32-31-. The van der Waals surface area contributed by atoms with E-state index in [1.165, 1.54) is 186 Å². The van der Waals surface area contributed by atoms with Gasteiger partial charge in [0.15, 0.2) is 6.10 Å². The predicted molar refractivity (Wildman–Crippen MR) is 330 cm³/mol. The third-order valence-corrected chi connectivity index (χ3v) is 15.0. The number of rotatable bonds is 59. The molecule has 77 heavy (non-hydrogen) atoms. The summed E-state index contributed by atoms with van der Waals surface area (Å²) in [7, 11) is 1.49. The van der Waals surface area contributed by atoms with Crippen LogP contribution in [0.4, 0.5) is 0 Å². The Morgan fingerprint density at radius 1 is 0.416 bits per heavy atom. The highest BCUT2D eigenvalue weighted by atomic mass is 31.2. The van der Waals surface area contributed by atoms with Crippen LogP contribution in [-0.4, -0.2) is 74.9 Å². The zero-order chi connectivity index (χ0) is 56.3. The van der Waals surface area contributed by atoms with Crippen LogP contribution in [0.3, 0.4) is 0 Å². The molecule has 0 saturated carbocycles. The average molecular weight is 1100 g/mol. The van der Waals surface area contributed by atoms with Gasteiger partial charge in [0.25, 0.3) is 0 Å². The van der Waals surface area contributed by atoms with Crippen LogP contribution in [-0.2, 0) is 32.7 Å². The van der Waals surface area contributed by atoms with Crippen LogP contribution in [0.15, 0.2) is 72.9 Å². The molecule has 2 unspecified atom stereocenters. The number of carbonyl (C=O) groups is 2. The fourth-order valence-corrected chi connectivity index (χ4v) is 9.82. The maximum absolute atomic E-state index is 12.8. The van der Waals surface area contributed by atoms with Gasteiger partial charge in [-0.2, -0.15) is 0 Å². The highest BCUT2D eigenvalue weighted by Gasteiger charge is 2.27. The molecule has 0 spiro atoms. The molecule has 0 aromatic rings. The summed E-state index contributed by atoms with van der Waals surface area (Å²) in [6.45, 7) is 4.36. The van der Waals surface area contributed by atoms with Crippen LogP contribution in [0.5, 0.6) is 0 Å². The Hall–Kier alpha value is -2.55. The second-order valence-electron chi connectivity index (χ2n) is 22.8. The van der Waals surface area contributed by atoms with Crippen LogP contribution >= 0.6 is 7.82 Å². The molecular weight excluding hydrogens is 978 g/mol. The Kier molecular flexibility index (Phi) is 56.2. The number of phosphoric acid groups is 1. The zero-order valence-electron chi connectivity index (χ0n) is 50.9. The number of quaternary nitrogens is 1. The Morgan fingerprint density at radius 3 is 1.10 bits per heavy atom. The van der Waals surface area contributed by atoms with E-state index in [0.29, 0.717) is 23.9 Å². The van der Waals surface area contributed by atoms with E-state index in [-0.39, 0.29) is 25.6 Å². The first kappa shape index (κ1) is 74.5. The molecular formula is C67H123NO8P+. The highest BCUT2D eigenvalue weighted by molar-refractivity contribution is 7.47. The number of unbranched alkanes of at least 4 members (excludes halogenated alkanes) is 33. The van der Waals surface area contributed by atoms with Crippen molar-refractivity contribution in [1.82, 2.24) is 0 Å². The third-order valence-electron chi connectivity index (χ3n) is 14.0. The molecule has 0 rings (SSSR count). The molecule has 10 heteroatoms. The second kappa shape index (κ2) is 58.1. The van der Waals surface area contributed by atoms with Crippen molar-refractivity contribution in [3.05, 3.63) is 72.9 Å². The summed E-state index contributed by atoms with van der Waals surface area (Å²) >= 11 is 0. The van der Waals surface area contributed by atoms with Crippen molar-refractivity contribution in [3.8, 4) is 0 Å². The Labute approximate surface area is 476 Å². The minimum absolute atomic E-state index is 0.0328. The highest BCUT2D eigenvalue weighted by Crippen LogP contribution is 2.43. The number of phosphoric ester groups is 1. The minimum Gasteiger partial charge on any atom is -0.462 e. The molecule has 2 atom stereocenters. The Balaban J connectivity index is 3.98. The molecule has 448 valence electrons. The van der Waals surface area contributed by atoms with Gasteiger partial charge in [0.2, 0.25) is 0 Å². The quantitative estimate of drug-likeness (QED) is 0.0211. The average Bonchev–Trinajstić information content (AvgIpc) is 3.39. The van der Waals surface area contributed by atoms with E-state index < -0.39 is 26.5 Å². The maximum atomic E-state index is 12.8. The number of ether oxygens (including phenoxy) is 2. The van der Waals surface area contributed by atoms with Gasteiger partial charge in [-0.1, -0.05) is 286 Å². The largest absolute Gasteiger partial charge is 0.472 e. The molecule has 0 radical (unpaired) electrons. The predicted octanol–water partition coefficient (Wildman–Crippen LogP) is 20.4. The SMILES string of the molecule is CC/C=C\C/C=C\C/C=C\C/C=C\C/C=C\C/C=C\CCCCCCCCCCCCCCCCCCCCC(=O)OC(COC(=O)CCCCCCCCCCCCCCCCCC)COP(=O)(O)OCC[N+](C)(C)C. The van der Waals surface area contributed by atoms with E-state index in [1.807, 2.05) is 21.1 Å². The second-order valence-corrected chi connectivity index (χ2v) is 24.2. The first-order valence-corrected chi connectivity index (χ1v) is 33.7. The molecule has 0 amide bonds. The van der Waals surface area contributed by atoms with E-state index in [0.717, 1.165) is 70.6 Å². The topological polar surface area (TPSA) is 108 Å². The van der Waals surface area contributed by atoms with E-state index in [2.05, 4.69) is 86.8 Å². The molecule has 0 aliphatic carbocycles. The first-order chi connectivity index (χ1) is 37.5. The lowest BCUT2D eigenvalue weighted by molar-refractivity contribution is -0.870. The van der Waals surface area contributed by atoms with Gasteiger partial charge in [0.1, 0.15) is 19.8 Å². The number of nitrogens with zero attached hydrogens (tertiary/aromatic N) is 1. The van der Waals surface area contributed by atoms with Gasteiger partial charge in [0.05, 0.1) is 27.7 Å². The normalized spacial score (nSPS) is 13.7. The lowest BCUT2D eigenvalue weighted by atomic mass is 10.0. The van der Waals surface area contributed by atoms with Crippen molar-refractivity contribution >= 4 is 19.8 Å². The number of hydrogen-bond donors (Lipinski definition) is 1. The van der Waals surface area contributed by atoms with Gasteiger partial charge >= 0.3 is 19.8 Å². The third kappa shape index (κ3) is 62.5. The van der Waals surface area contributed by atoms with E-state index >= 15 is 0 Å². The van der Waals surface area contributed by atoms with Gasteiger partial charge in [-0.25, -0.2) is 4.57 Å². The van der Waals surface area contributed by atoms with Crippen LogP contribution in [0.2, 0.25) is 0 Å². The van der Waals surface area contributed by atoms with Crippen LogP contribution in [0.1, 0.15) is 290 Å². The summed E-state index contributed by atoms with van der Waals surface area (Å²) in [5.74, 6) is -0.784. The molecule has 0 fully saturated rings. The summed E-state index contributed by atoms with van der Waals surface area (Å²) in [5, 5.41) is 0. The first-order valence-electron chi connectivity index (χ1n) is 32.2. The lowest BCUT2D eigenvalue weighted by Gasteiger charge is -2.24. The molecule has 0 aliphatic heterocycles. The molecule has 0 aromatic heterocycles. The van der Waals surface area contributed by atoms with E-state index in [9.17, 15) is 19.0 Å². The number of likely N-dealkylation sites (N-methyl/N-ethyl adjacent to an activating group) is 1. The fraction of sp³-hybridized carbons (Fsp3) is 0.791. The smallest absolute Gasteiger partial charge is 0.462 e. The zero-order valence-corrected chi connectivity index (χ0v) is 51.8. The Morgan fingerprint density at radius 2 is 0.740 bits per heavy atom. The van der Waals surface area contributed by atoms with Crippen molar-refractivity contribution in [3.63, 3.8) is 0 Å². The summed E-state index contributed by atoms with van der Waals surface area (Å²) in [4.78, 5) is 35.7. The van der Waals surface area contributed by atoms with Crippen molar-refractivity contribution in [2.24, 2.45) is 0 Å². The molecule has 0 bridgehead atoms. The van der Waals surface area contributed by atoms with Crippen molar-refractivity contribution in [2.75, 3.05) is 47.5 Å². The van der Waals surface area contributed by atoms with Gasteiger partial charge in [-0.15, -0.1) is 0 Å². The van der Waals surface area contributed by atoms with Crippen molar-refractivity contribution in [1.29, 1.82) is 0 Å². The molecule has 9 nitrogen and oxygen atoms in total. The van der Waals surface area contributed by atoms with Crippen LogP contribution < -0.4 is 0 Å². The van der Waals surface area contributed by atoms with Gasteiger partial charge in [-0.3, -0.25) is 18.6 Å². The van der Waals surface area contributed by atoms with Gasteiger partial charge in [-0.05, 0) is 64.2 Å². The minimum atomic E-state index is -4.38. The molecule has 1 N–H and O–H groups in total. The monoisotopic (exact) mass is 1100 g/mol. The maximum Gasteiger partial charge on any atom is 0.472 e. The summed E-state index contributed by atoms with van der Waals surface area (Å²) in [5.41, 5.74) is 0. The van der Waals surface area contributed by atoms with Crippen LogP contribution in [0.25, 0.3) is 0 Å². The van der Waals surface area contributed by atoms with Gasteiger partial charge in [0, 0.05) is 12.8 Å². The number of esters is 2. The molecule has 0 heterocycles. The summed E-state index contributed by atoms with van der Waals surface area (Å²) in [6.07, 6.45) is 77.1. The lowest BCUT2D eigenvalue weighted by Crippen LogP contribution is -2.37. The number of carbonyl (C=O) groups excluding carboxylic acids is 2. The number of hydrogen-bond acceptors (Lipinski definition) is 7. The van der Waals surface area contributed by atoms with Crippen LogP contribution in [0, 0.1) is 0 Å². The molecule has 0 aliphatic rings. The van der Waals surface area contributed by atoms with Crippen molar-refractivity contribution in [2.45, 2.75) is 296 Å². The van der Waals surface area contributed by atoms with E-state index in [1.54, 1.807) is 0 Å². The number of allylic oxidation sites excluding steroid dienone is 12. The summed E-state index contributed by atoms with van der Waals surface area (Å²) in [6, 6.07) is 0. The van der Waals surface area contributed by atoms with Crippen molar-refractivity contribution < 1.29 is 42.1 Å². The molecule has 0 saturated heterocycles. The van der Waals surface area contributed by atoms with Gasteiger partial charge < -0.3 is 18.9 Å². The van der Waals surface area contributed by atoms with E-state index in [4.69, 9.17) is 18.5 Å².